The standard InChI is InChI=1S/C23H27N3O2/c1-2-28-23-13-17(7-8-22(23)27)16-26-11-9-19(10-12-26)25-20-14-18-5-3-4-6-21(18)24-15-20/h3-8,13-15,19,25,27H,2,9-12,16H2,1H3. The minimum absolute atomic E-state index is 0.206. The monoisotopic (exact) mass is 377 g/mol. The Hall–Kier alpha value is -2.79. The number of ether oxygens (including phenoxy) is 1. The third-order valence-electron chi connectivity index (χ3n) is 5.28. The first-order valence-electron chi connectivity index (χ1n) is 9.99. The highest BCUT2D eigenvalue weighted by Gasteiger charge is 2.19. The zero-order chi connectivity index (χ0) is 19.3. The number of likely N-dealkylation sites (tertiary alicyclic amines) is 1. The number of phenolic OH excluding ortho intramolecular Hbond substituents is 1. The maximum absolute atomic E-state index is 9.86. The predicted octanol–water partition coefficient (Wildman–Crippen LogP) is 4.42. The Morgan fingerprint density at radius 2 is 1.96 bits per heavy atom. The Morgan fingerprint density at radius 1 is 1.14 bits per heavy atom. The van der Waals surface area contributed by atoms with Crippen LogP contribution < -0.4 is 10.1 Å². The van der Waals surface area contributed by atoms with Crippen molar-refractivity contribution < 1.29 is 9.84 Å². The highest BCUT2D eigenvalue weighted by atomic mass is 16.5. The SMILES string of the molecule is CCOc1cc(CN2CCC(Nc3cnc4ccccc4c3)CC2)ccc1O. The van der Waals surface area contributed by atoms with E-state index in [4.69, 9.17) is 4.74 Å². The first-order valence-corrected chi connectivity index (χ1v) is 9.99. The molecule has 5 nitrogen and oxygen atoms in total. The van der Waals surface area contributed by atoms with Gasteiger partial charge in [-0.25, -0.2) is 0 Å². The fourth-order valence-corrected chi connectivity index (χ4v) is 3.81. The van der Waals surface area contributed by atoms with Gasteiger partial charge in [0.1, 0.15) is 0 Å². The lowest BCUT2D eigenvalue weighted by Gasteiger charge is -2.33. The summed E-state index contributed by atoms with van der Waals surface area (Å²) in [6.07, 6.45) is 4.13. The van der Waals surface area contributed by atoms with Crippen molar-refractivity contribution in [2.24, 2.45) is 0 Å². The van der Waals surface area contributed by atoms with Crippen molar-refractivity contribution in [3.63, 3.8) is 0 Å². The van der Waals surface area contributed by atoms with Crippen molar-refractivity contribution in [3.8, 4) is 11.5 Å². The van der Waals surface area contributed by atoms with Crippen LogP contribution in [-0.4, -0.2) is 40.7 Å². The van der Waals surface area contributed by atoms with E-state index in [1.807, 2.05) is 43.5 Å². The molecular weight excluding hydrogens is 350 g/mol. The van der Waals surface area contributed by atoms with Gasteiger partial charge in [-0.05, 0) is 49.6 Å². The fourth-order valence-electron chi connectivity index (χ4n) is 3.81. The number of piperidine rings is 1. The molecule has 1 aliphatic heterocycles. The van der Waals surface area contributed by atoms with Crippen LogP contribution in [0, 0.1) is 0 Å². The summed E-state index contributed by atoms with van der Waals surface area (Å²) in [5, 5.41) is 14.7. The van der Waals surface area contributed by atoms with Gasteiger partial charge in [0.25, 0.3) is 0 Å². The highest BCUT2D eigenvalue weighted by Crippen LogP contribution is 2.28. The number of pyridine rings is 1. The van der Waals surface area contributed by atoms with Gasteiger partial charge in [0, 0.05) is 31.1 Å². The third-order valence-corrected chi connectivity index (χ3v) is 5.28. The molecule has 0 radical (unpaired) electrons. The Morgan fingerprint density at radius 3 is 2.79 bits per heavy atom. The number of para-hydroxylation sites is 1. The van der Waals surface area contributed by atoms with E-state index in [0.717, 1.165) is 43.7 Å². The fraction of sp³-hybridized carbons (Fsp3) is 0.348. The summed E-state index contributed by atoms with van der Waals surface area (Å²) in [6.45, 7) is 5.45. The lowest BCUT2D eigenvalue weighted by atomic mass is 10.0. The zero-order valence-electron chi connectivity index (χ0n) is 16.3. The largest absolute Gasteiger partial charge is 0.504 e. The van der Waals surface area contributed by atoms with Gasteiger partial charge in [-0.15, -0.1) is 0 Å². The molecule has 0 spiro atoms. The van der Waals surface area contributed by atoms with Crippen LogP contribution >= 0.6 is 0 Å². The molecule has 2 aromatic carbocycles. The number of aromatic nitrogens is 1. The predicted molar refractivity (Wildman–Crippen MR) is 113 cm³/mol. The van der Waals surface area contributed by atoms with Gasteiger partial charge < -0.3 is 15.2 Å². The van der Waals surface area contributed by atoms with Crippen molar-refractivity contribution in [2.45, 2.75) is 32.4 Å². The summed E-state index contributed by atoms with van der Waals surface area (Å²) >= 11 is 0. The van der Waals surface area contributed by atoms with E-state index in [9.17, 15) is 5.11 Å². The summed E-state index contributed by atoms with van der Waals surface area (Å²) in [5.74, 6) is 0.776. The normalized spacial score (nSPS) is 15.6. The Labute approximate surface area is 166 Å². The van der Waals surface area contributed by atoms with Crippen molar-refractivity contribution in [1.82, 2.24) is 9.88 Å². The van der Waals surface area contributed by atoms with E-state index in [0.29, 0.717) is 18.4 Å². The molecule has 28 heavy (non-hydrogen) atoms. The molecule has 1 aromatic heterocycles. The highest BCUT2D eigenvalue weighted by molar-refractivity contribution is 5.81. The molecule has 0 atom stereocenters. The second-order valence-electron chi connectivity index (χ2n) is 7.35. The smallest absolute Gasteiger partial charge is 0.161 e. The number of anilines is 1. The molecule has 1 fully saturated rings. The molecule has 1 aliphatic rings. The first kappa shape index (κ1) is 18.6. The third kappa shape index (κ3) is 4.37. The second kappa shape index (κ2) is 8.48. The van der Waals surface area contributed by atoms with E-state index in [1.165, 1.54) is 10.9 Å². The molecule has 0 saturated carbocycles. The van der Waals surface area contributed by atoms with Crippen LogP contribution in [0.3, 0.4) is 0 Å². The number of benzene rings is 2. The summed E-state index contributed by atoms with van der Waals surface area (Å²) < 4.78 is 5.50. The molecule has 5 heteroatoms. The van der Waals surface area contributed by atoms with Gasteiger partial charge >= 0.3 is 0 Å². The number of nitrogens with zero attached hydrogens (tertiary/aromatic N) is 2. The Bertz CT molecular complexity index is 936. The van der Waals surface area contributed by atoms with E-state index in [2.05, 4.69) is 27.3 Å². The Kier molecular flexibility index (Phi) is 5.63. The summed E-state index contributed by atoms with van der Waals surface area (Å²) in [4.78, 5) is 7.00. The number of hydrogen-bond donors (Lipinski definition) is 2. The minimum atomic E-state index is 0.206. The topological polar surface area (TPSA) is 57.6 Å². The van der Waals surface area contributed by atoms with Crippen LogP contribution in [0.5, 0.6) is 11.5 Å². The van der Waals surface area contributed by atoms with Crippen LogP contribution in [-0.2, 0) is 6.54 Å². The summed E-state index contributed by atoms with van der Waals surface area (Å²) in [7, 11) is 0. The van der Waals surface area contributed by atoms with E-state index in [-0.39, 0.29) is 5.75 Å². The molecule has 4 rings (SSSR count). The molecule has 146 valence electrons. The molecule has 3 aromatic rings. The van der Waals surface area contributed by atoms with E-state index < -0.39 is 0 Å². The lowest BCUT2D eigenvalue weighted by Crippen LogP contribution is -2.38. The molecule has 0 unspecified atom stereocenters. The van der Waals surface area contributed by atoms with Gasteiger partial charge in [0.2, 0.25) is 0 Å². The molecule has 0 bridgehead atoms. The average Bonchev–Trinajstić information content (AvgIpc) is 2.72. The Balaban J connectivity index is 1.32. The van der Waals surface area contributed by atoms with Gasteiger partial charge in [0.15, 0.2) is 11.5 Å². The number of rotatable bonds is 6. The molecule has 2 heterocycles. The summed E-state index contributed by atoms with van der Waals surface area (Å²) in [6, 6.07) is 16.5. The number of fused-ring (bicyclic) bond motifs is 1. The van der Waals surface area contributed by atoms with Crippen LogP contribution in [0.2, 0.25) is 0 Å². The number of phenols is 1. The van der Waals surface area contributed by atoms with Gasteiger partial charge in [-0.3, -0.25) is 9.88 Å². The maximum atomic E-state index is 9.86. The minimum Gasteiger partial charge on any atom is -0.504 e. The maximum Gasteiger partial charge on any atom is 0.161 e. The van der Waals surface area contributed by atoms with Crippen LogP contribution in [0.4, 0.5) is 5.69 Å². The number of aromatic hydroxyl groups is 1. The first-order chi connectivity index (χ1) is 13.7. The van der Waals surface area contributed by atoms with Crippen LogP contribution in [0.15, 0.2) is 54.7 Å². The number of hydrogen-bond acceptors (Lipinski definition) is 5. The second-order valence-corrected chi connectivity index (χ2v) is 7.35. The zero-order valence-corrected chi connectivity index (χ0v) is 16.3. The van der Waals surface area contributed by atoms with Crippen molar-refractivity contribution >= 4 is 16.6 Å². The van der Waals surface area contributed by atoms with Crippen molar-refractivity contribution in [3.05, 3.63) is 60.3 Å². The van der Waals surface area contributed by atoms with E-state index >= 15 is 0 Å². The van der Waals surface area contributed by atoms with Gasteiger partial charge in [0.05, 0.1) is 24.0 Å². The number of nitrogens with one attached hydrogen (secondary N) is 1. The quantitative estimate of drug-likeness (QED) is 0.666. The molecule has 2 N–H and O–H groups in total. The molecule has 1 saturated heterocycles. The summed E-state index contributed by atoms with van der Waals surface area (Å²) in [5.41, 5.74) is 3.30. The van der Waals surface area contributed by atoms with E-state index in [1.54, 1.807) is 6.07 Å². The van der Waals surface area contributed by atoms with Crippen molar-refractivity contribution in [2.75, 3.05) is 25.0 Å². The van der Waals surface area contributed by atoms with Gasteiger partial charge in [-0.2, -0.15) is 0 Å². The average molecular weight is 377 g/mol. The van der Waals surface area contributed by atoms with Crippen molar-refractivity contribution in [1.29, 1.82) is 0 Å². The van der Waals surface area contributed by atoms with Crippen LogP contribution in [0.25, 0.3) is 10.9 Å². The molecule has 0 aliphatic carbocycles. The molecular formula is C23H27N3O2. The lowest BCUT2D eigenvalue weighted by molar-refractivity contribution is 0.211. The van der Waals surface area contributed by atoms with Crippen LogP contribution in [0.1, 0.15) is 25.3 Å². The van der Waals surface area contributed by atoms with Gasteiger partial charge in [-0.1, -0.05) is 24.3 Å². The molecule has 0 amide bonds.